The van der Waals surface area contributed by atoms with E-state index in [1.54, 1.807) is 16.2 Å². The molecule has 1 unspecified atom stereocenters. The minimum Gasteiger partial charge on any atom is -0.371 e. The van der Waals surface area contributed by atoms with E-state index in [1.165, 1.54) is 10.6 Å². The summed E-state index contributed by atoms with van der Waals surface area (Å²) in [4.78, 5) is 17.6. The number of nitrogens with one attached hydrogen (secondary N) is 1. The Morgan fingerprint density at radius 2 is 2.21 bits per heavy atom. The van der Waals surface area contributed by atoms with Gasteiger partial charge < -0.3 is 15.1 Å². The van der Waals surface area contributed by atoms with Crippen LogP contribution in [0.5, 0.6) is 0 Å². The monoisotopic (exact) mass is 407 g/mol. The Morgan fingerprint density at radius 3 is 2.92 bits per heavy atom. The van der Waals surface area contributed by atoms with E-state index in [4.69, 9.17) is 0 Å². The molecule has 4 nitrogen and oxygen atoms in total. The number of carbonyl (C=O) groups excluding carboxylic acids is 1. The number of hydrogen-bond acceptors (Lipinski definition) is 3. The second-order valence-corrected chi connectivity index (χ2v) is 8.12. The third-order valence-corrected chi connectivity index (χ3v) is 5.99. The van der Waals surface area contributed by atoms with Crippen molar-refractivity contribution in [3.05, 3.63) is 51.1 Å². The molecule has 3 rings (SSSR count). The third-order valence-electron chi connectivity index (χ3n) is 4.31. The molecule has 1 saturated heterocycles. The second-order valence-electron chi connectivity index (χ2n) is 6.21. The Balaban J connectivity index is 1.43. The Hall–Kier alpha value is -1.53. The SMILES string of the molecule is CN(Cc1cc(Br)cs1)C(=O)NCC1CCN(c2ccccc2)C1. The summed E-state index contributed by atoms with van der Waals surface area (Å²) in [6, 6.07) is 12.5. The molecule has 0 radical (unpaired) electrons. The largest absolute Gasteiger partial charge is 0.371 e. The molecular weight excluding hydrogens is 386 g/mol. The molecule has 0 spiro atoms. The number of amides is 2. The van der Waals surface area contributed by atoms with Crippen LogP contribution in [0.25, 0.3) is 0 Å². The van der Waals surface area contributed by atoms with Crippen LogP contribution < -0.4 is 10.2 Å². The number of thiophene rings is 1. The maximum Gasteiger partial charge on any atom is 0.317 e. The Morgan fingerprint density at radius 1 is 1.42 bits per heavy atom. The summed E-state index contributed by atoms with van der Waals surface area (Å²) < 4.78 is 1.07. The number of hydrogen-bond donors (Lipinski definition) is 1. The van der Waals surface area contributed by atoms with Gasteiger partial charge in [0.05, 0.1) is 6.54 Å². The van der Waals surface area contributed by atoms with Crippen LogP contribution in [0.2, 0.25) is 0 Å². The van der Waals surface area contributed by atoms with Gasteiger partial charge in [-0.2, -0.15) is 0 Å². The first-order chi connectivity index (χ1) is 11.6. The zero-order chi connectivity index (χ0) is 16.9. The van der Waals surface area contributed by atoms with Crippen LogP contribution in [0.3, 0.4) is 0 Å². The summed E-state index contributed by atoms with van der Waals surface area (Å²) in [7, 11) is 1.84. The van der Waals surface area contributed by atoms with Gasteiger partial charge in [-0.3, -0.25) is 0 Å². The zero-order valence-corrected chi connectivity index (χ0v) is 16.1. The van der Waals surface area contributed by atoms with Crippen molar-refractivity contribution in [1.29, 1.82) is 0 Å². The van der Waals surface area contributed by atoms with E-state index in [-0.39, 0.29) is 6.03 Å². The fourth-order valence-electron chi connectivity index (χ4n) is 2.98. The molecular formula is C18H22BrN3OS. The van der Waals surface area contributed by atoms with E-state index >= 15 is 0 Å². The number of urea groups is 1. The van der Waals surface area contributed by atoms with Crippen molar-refractivity contribution in [2.45, 2.75) is 13.0 Å². The lowest BCUT2D eigenvalue weighted by Crippen LogP contribution is -2.39. The first kappa shape index (κ1) is 17.3. The van der Waals surface area contributed by atoms with Crippen molar-refractivity contribution < 1.29 is 4.79 Å². The number of halogens is 1. The highest BCUT2D eigenvalue weighted by atomic mass is 79.9. The predicted molar refractivity (Wildman–Crippen MR) is 104 cm³/mol. The van der Waals surface area contributed by atoms with Crippen LogP contribution in [0.4, 0.5) is 10.5 Å². The molecule has 1 atom stereocenters. The van der Waals surface area contributed by atoms with E-state index in [0.717, 1.165) is 30.5 Å². The van der Waals surface area contributed by atoms with E-state index < -0.39 is 0 Å². The van der Waals surface area contributed by atoms with Crippen molar-refractivity contribution in [1.82, 2.24) is 10.2 Å². The first-order valence-corrected chi connectivity index (χ1v) is 9.81. The molecule has 1 aromatic heterocycles. The van der Waals surface area contributed by atoms with Gasteiger partial charge >= 0.3 is 6.03 Å². The van der Waals surface area contributed by atoms with Crippen LogP contribution in [0, 0.1) is 5.92 Å². The molecule has 2 heterocycles. The van der Waals surface area contributed by atoms with Crippen LogP contribution in [-0.4, -0.2) is 37.6 Å². The molecule has 128 valence electrons. The Bertz CT molecular complexity index is 676. The van der Waals surface area contributed by atoms with Crippen molar-refractivity contribution in [3.8, 4) is 0 Å². The number of anilines is 1. The average molecular weight is 408 g/mol. The lowest BCUT2D eigenvalue weighted by Gasteiger charge is -2.20. The third kappa shape index (κ3) is 4.51. The molecule has 0 saturated carbocycles. The summed E-state index contributed by atoms with van der Waals surface area (Å²) in [5.41, 5.74) is 1.27. The van der Waals surface area contributed by atoms with Gasteiger partial charge in [0, 0.05) is 47.1 Å². The normalized spacial score (nSPS) is 17.1. The van der Waals surface area contributed by atoms with Crippen LogP contribution in [0.15, 0.2) is 46.3 Å². The summed E-state index contributed by atoms with van der Waals surface area (Å²) in [6.07, 6.45) is 1.12. The molecule has 0 aliphatic carbocycles. The molecule has 2 aromatic rings. The molecule has 6 heteroatoms. The van der Waals surface area contributed by atoms with Gasteiger partial charge in [0.15, 0.2) is 0 Å². The van der Waals surface area contributed by atoms with Gasteiger partial charge in [0.2, 0.25) is 0 Å². The molecule has 1 fully saturated rings. The molecule has 1 aliphatic heterocycles. The van der Waals surface area contributed by atoms with E-state index in [2.05, 4.69) is 56.5 Å². The number of rotatable bonds is 5. The lowest BCUT2D eigenvalue weighted by molar-refractivity contribution is 0.205. The first-order valence-electron chi connectivity index (χ1n) is 8.13. The van der Waals surface area contributed by atoms with Crippen molar-refractivity contribution in [2.75, 3.05) is 31.6 Å². The van der Waals surface area contributed by atoms with Crippen molar-refractivity contribution >= 4 is 39.0 Å². The molecule has 0 bridgehead atoms. The minimum absolute atomic E-state index is 0.00214. The maximum absolute atomic E-state index is 12.3. The van der Waals surface area contributed by atoms with Gasteiger partial charge in [0.25, 0.3) is 0 Å². The maximum atomic E-state index is 12.3. The van der Waals surface area contributed by atoms with E-state index in [9.17, 15) is 4.79 Å². The highest BCUT2D eigenvalue weighted by molar-refractivity contribution is 9.10. The van der Waals surface area contributed by atoms with Gasteiger partial charge in [0.1, 0.15) is 0 Å². The number of carbonyl (C=O) groups is 1. The van der Waals surface area contributed by atoms with Crippen molar-refractivity contribution in [2.24, 2.45) is 5.92 Å². The highest BCUT2D eigenvalue weighted by Crippen LogP contribution is 2.23. The van der Waals surface area contributed by atoms with E-state index in [0.29, 0.717) is 12.5 Å². The second kappa shape index (κ2) is 8.03. The highest BCUT2D eigenvalue weighted by Gasteiger charge is 2.23. The summed E-state index contributed by atoms with van der Waals surface area (Å²) in [5, 5.41) is 5.12. The molecule has 1 aromatic carbocycles. The summed E-state index contributed by atoms with van der Waals surface area (Å²) in [6.45, 7) is 3.44. The number of nitrogens with zero attached hydrogens (tertiary/aromatic N) is 2. The molecule has 24 heavy (non-hydrogen) atoms. The number of para-hydroxylation sites is 1. The summed E-state index contributed by atoms with van der Waals surface area (Å²) in [5.74, 6) is 0.512. The molecule has 1 N–H and O–H groups in total. The minimum atomic E-state index is -0.00214. The lowest BCUT2D eigenvalue weighted by atomic mass is 10.1. The average Bonchev–Trinajstić information content (AvgIpc) is 3.22. The van der Waals surface area contributed by atoms with Gasteiger partial charge in [-0.1, -0.05) is 18.2 Å². The smallest absolute Gasteiger partial charge is 0.317 e. The zero-order valence-electron chi connectivity index (χ0n) is 13.7. The van der Waals surface area contributed by atoms with Gasteiger partial charge in [-0.25, -0.2) is 4.79 Å². The summed E-state index contributed by atoms with van der Waals surface area (Å²) >= 11 is 5.11. The quantitative estimate of drug-likeness (QED) is 0.806. The molecule has 1 aliphatic rings. The van der Waals surface area contributed by atoms with Gasteiger partial charge in [-0.15, -0.1) is 11.3 Å². The topological polar surface area (TPSA) is 35.6 Å². The van der Waals surface area contributed by atoms with Gasteiger partial charge in [-0.05, 0) is 46.5 Å². The molecule has 2 amide bonds. The van der Waals surface area contributed by atoms with Crippen molar-refractivity contribution in [3.63, 3.8) is 0 Å². The Kier molecular flexibility index (Phi) is 5.79. The Labute approximate surface area is 155 Å². The fraction of sp³-hybridized carbons (Fsp3) is 0.389. The van der Waals surface area contributed by atoms with E-state index in [1.807, 2.05) is 18.5 Å². The van der Waals surface area contributed by atoms with Crippen LogP contribution >= 0.6 is 27.3 Å². The standard InChI is InChI=1S/C18H22BrN3OS/c1-21(12-17-9-15(19)13-24-17)18(23)20-10-14-7-8-22(11-14)16-5-3-2-4-6-16/h2-6,9,13-14H,7-8,10-12H2,1H3,(H,20,23). The number of benzene rings is 1. The van der Waals surface area contributed by atoms with Crippen LogP contribution in [-0.2, 0) is 6.54 Å². The fourth-order valence-corrected chi connectivity index (χ4v) is 4.48. The van der Waals surface area contributed by atoms with Crippen LogP contribution in [0.1, 0.15) is 11.3 Å². The predicted octanol–water partition coefficient (Wildman–Crippen LogP) is 4.18.